The number of carbonyl (C=O) groups is 1. The summed E-state index contributed by atoms with van der Waals surface area (Å²) in [5.74, 6) is 0.0945. The van der Waals surface area contributed by atoms with Crippen molar-refractivity contribution in [3.8, 4) is 11.3 Å². The first-order valence-corrected chi connectivity index (χ1v) is 13.3. The molecule has 1 fully saturated rings. The maximum atomic E-state index is 10.8. The molecule has 38 heavy (non-hydrogen) atoms. The van der Waals surface area contributed by atoms with Crippen molar-refractivity contribution in [3.05, 3.63) is 88.8 Å². The van der Waals surface area contributed by atoms with Gasteiger partial charge in [-0.05, 0) is 59.6 Å². The van der Waals surface area contributed by atoms with Crippen molar-refractivity contribution in [1.82, 2.24) is 9.97 Å². The van der Waals surface area contributed by atoms with Gasteiger partial charge in [0.25, 0.3) is 0 Å². The van der Waals surface area contributed by atoms with Gasteiger partial charge in [0.1, 0.15) is 0 Å². The topological polar surface area (TPSA) is 57.0 Å². The van der Waals surface area contributed by atoms with E-state index >= 15 is 0 Å². The Bertz CT molecular complexity index is 1520. The number of rotatable bonds is 3. The number of aryl methyl sites for hydroxylation is 1. The van der Waals surface area contributed by atoms with Crippen molar-refractivity contribution >= 4 is 27.3 Å². The number of allylic oxidation sites excluding steroid dienone is 2. The molecule has 0 amide bonds. The Morgan fingerprint density at radius 2 is 1.84 bits per heavy atom. The number of aromatic nitrogens is 2. The molecular formula is C33H35IrN3O-2. The molecule has 2 aliphatic rings. The van der Waals surface area contributed by atoms with Gasteiger partial charge in [-0.25, -0.2) is 0 Å². The summed E-state index contributed by atoms with van der Waals surface area (Å²) in [7, 11) is 0. The summed E-state index contributed by atoms with van der Waals surface area (Å²) >= 11 is 0. The SMILES string of the molecule is CC(=O)/C=C(/C)[N-]C1CCCCC1.Cc1cc2c3c(nccc3c1)-c1[c-]cc3cnccc3c1C2(C)C.[Ir]. The molecule has 0 unspecified atom stereocenters. The predicted octanol–water partition coefficient (Wildman–Crippen LogP) is 8.38. The summed E-state index contributed by atoms with van der Waals surface area (Å²) in [5, 5.41) is 9.42. The molecule has 4 nitrogen and oxygen atoms in total. The van der Waals surface area contributed by atoms with Crippen LogP contribution in [0.4, 0.5) is 0 Å². The van der Waals surface area contributed by atoms with Crippen molar-refractivity contribution < 1.29 is 24.9 Å². The van der Waals surface area contributed by atoms with Gasteiger partial charge in [-0.1, -0.05) is 87.4 Å². The average molecular weight is 682 g/mol. The predicted molar refractivity (Wildman–Crippen MR) is 153 cm³/mol. The summed E-state index contributed by atoms with van der Waals surface area (Å²) < 4.78 is 0. The van der Waals surface area contributed by atoms with Crippen LogP contribution in [0.15, 0.2) is 60.7 Å². The van der Waals surface area contributed by atoms with Gasteiger partial charge < -0.3 is 10.3 Å². The molecule has 0 spiro atoms. The number of nitrogens with zero attached hydrogens (tertiary/aromatic N) is 3. The van der Waals surface area contributed by atoms with Crippen molar-refractivity contribution in [3.63, 3.8) is 0 Å². The minimum absolute atomic E-state index is 0. The van der Waals surface area contributed by atoms with Gasteiger partial charge >= 0.3 is 0 Å². The smallest absolute Gasteiger partial charge is 0.151 e. The number of benzene rings is 2. The molecule has 1 saturated carbocycles. The van der Waals surface area contributed by atoms with E-state index < -0.39 is 0 Å². The van der Waals surface area contributed by atoms with Crippen LogP contribution in [0.5, 0.6) is 0 Å². The molecule has 0 aliphatic heterocycles. The molecule has 4 aromatic rings. The maximum Gasteiger partial charge on any atom is 0.151 e. The van der Waals surface area contributed by atoms with Gasteiger partial charge in [0, 0.05) is 32.5 Å². The molecule has 0 N–H and O–H groups in total. The second-order valence-electron chi connectivity index (χ2n) is 11.0. The van der Waals surface area contributed by atoms with Gasteiger partial charge in [-0.2, -0.15) is 5.70 Å². The van der Waals surface area contributed by atoms with Crippen molar-refractivity contribution in [2.45, 2.75) is 78.2 Å². The molecule has 199 valence electrons. The van der Waals surface area contributed by atoms with Gasteiger partial charge in [0.15, 0.2) is 5.78 Å². The van der Waals surface area contributed by atoms with Crippen LogP contribution in [0, 0.1) is 13.0 Å². The van der Waals surface area contributed by atoms with Crippen LogP contribution >= 0.6 is 0 Å². The van der Waals surface area contributed by atoms with Gasteiger partial charge in [0.2, 0.25) is 0 Å². The number of pyridine rings is 2. The standard InChI is InChI=1S/C22H17N2.C11H19NO.Ir/c1-13-10-14-6-9-24-21-17-5-4-15-12-23-8-7-16(15)20(17)22(2,3)18(11-13)19(14)21;1-9(8-10(2)13)12-11-6-4-3-5-7-11;/h4,6-12H,1-3H3;8,11H,3-7H2,1-2H3,(H,12,13);/q-1;;/p-1. The van der Waals surface area contributed by atoms with Crippen LogP contribution in [0.25, 0.3) is 38.1 Å². The van der Waals surface area contributed by atoms with E-state index in [-0.39, 0.29) is 31.3 Å². The fourth-order valence-electron chi connectivity index (χ4n) is 6.06. The zero-order valence-corrected chi connectivity index (χ0v) is 25.3. The number of fused-ring (bicyclic) bond motifs is 4. The Morgan fingerprint density at radius 3 is 2.58 bits per heavy atom. The van der Waals surface area contributed by atoms with Crippen LogP contribution < -0.4 is 0 Å². The number of carbonyl (C=O) groups excluding carboxylic acids is 1. The van der Waals surface area contributed by atoms with Crippen LogP contribution in [0.3, 0.4) is 0 Å². The molecule has 0 atom stereocenters. The van der Waals surface area contributed by atoms with Crippen LogP contribution in [-0.2, 0) is 30.3 Å². The van der Waals surface area contributed by atoms with Crippen LogP contribution in [0.2, 0.25) is 0 Å². The molecule has 6 rings (SSSR count). The third kappa shape index (κ3) is 5.46. The second kappa shape index (κ2) is 11.5. The number of hydrogen-bond acceptors (Lipinski definition) is 3. The summed E-state index contributed by atoms with van der Waals surface area (Å²) in [5.41, 5.74) is 6.91. The molecule has 0 bridgehead atoms. The fourth-order valence-corrected chi connectivity index (χ4v) is 6.06. The summed E-state index contributed by atoms with van der Waals surface area (Å²) in [4.78, 5) is 19.8. The van der Waals surface area contributed by atoms with E-state index in [1.165, 1.54) is 65.0 Å². The molecular weight excluding hydrogens is 647 g/mol. The van der Waals surface area contributed by atoms with E-state index in [2.05, 4.69) is 61.4 Å². The number of hydrogen-bond donors (Lipinski definition) is 0. The monoisotopic (exact) mass is 682 g/mol. The quantitative estimate of drug-likeness (QED) is 0.161. The molecule has 2 heterocycles. The maximum absolute atomic E-state index is 10.8. The van der Waals surface area contributed by atoms with Crippen molar-refractivity contribution in [2.75, 3.05) is 0 Å². The van der Waals surface area contributed by atoms with E-state index in [1.54, 1.807) is 13.0 Å². The van der Waals surface area contributed by atoms with Crippen LogP contribution in [-0.4, -0.2) is 21.8 Å². The molecule has 1 radical (unpaired) electrons. The van der Waals surface area contributed by atoms with Crippen molar-refractivity contribution in [1.29, 1.82) is 0 Å². The Labute approximate surface area is 239 Å². The zero-order valence-electron chi connectivity index (χ0n) is 22.9. The molecule has 2 aromatic carbocycles. The molecule has 0 saturated heterocycles. The van der Waals surface area contributed by atoms with Crippen molar-refractivity contribution in [2.24, 2.45) is 0 Å². The van der Waals surface area contributed by atoms with Gasteiger partial charge in [0.05, 0.1) is 0 Å². The Kier molecular flexibility index (Phi) is 8.49. The summed E-state index contributed by atoms with van der Waals surface area (Å²) in [6, 6.07) is 14.8. The van der Waals surface area contributed by atoms with E-state index in [0.717, 1.165) is 22.3 Å². The number of ketones is 1. The third-order valence-corrected chi connectivity index (χ3v) is 7.66. The second-order valence-corrected chi connectivity index (χ2v) is 11.0. The van der Waals surface area contributed by atoms with Gasteiger partial charge in [-0.15, -0.1) is 29.3 Å². The minimum Gasteiger partial charge on any atom is -0.685 e. The van der Waals surface area contributed by atoms with E-state index in [1.807, 2.05) is 31.6 Å². The Morgan fingerprint density at radius 1 is 1.08 bits per heavy atom. The first-order chi connectivity index (χ1) is 17.8. The fraction of sp³-hybridized carbons (Fsp3) is 0.364. The molecule has 2 aliphatic carbocycles. The Hall–Kier alpha value is -2.88. The molecule has 2 aromatic heterocycles. The van der Waals surface area contributed by atoms with Gasteiger partial charge in [-0.3, -0.25) is 9.78 Å². The third-order valence-electron chi connectivity index (χ3n) is 7.66. The van der Waals surface area contributed by atoms with E-state index in [9.17, 15) is 4.79 Å². The first-order valence-electron chi connectivity index (χ1n) is 13.3. The Balaban J connectivity index is 0.000000207. The minimum atomic E-state index is -0.104. The summed E-state index contributed by atoms with van der Waals surface area (Å²) in [6.07, 6.45) is 13.7. The summed E-state index contributed by atoms with van der Waals surface area (Å²) in [6.45, 7) is 10.3. The van der Waals surface area contributed by atoms with Crippen LogP contribution in [0.1, 0.15) is 76.5 Å². The van der Waals surface area contributed by atoms with E-state index in [4.69, 9.17) is 4.98 Å². The normalized spacial score (nSPS) is 16.2. The average Bonchev–Trinajstić information content (AvgIpc) is 2.87. The molecule has 5 heteroatoms. The first kappa shape index (κ1) is 28.1. The zero-order chi connectivity index (χ0) is 26.2. The largest absolute Gasteiger partial charge is 0.685 e. The van der Waals surface area contributed by atoms with E-state index in [0.29, 0.717) is 6.04 Å².